The van der Waals surface area contributed by atoms with Crippen LogP contribution in [0, 0.1) is 5.92 Å². The van der Waals surface area contributed by atoms with Crippen molar-refractivity contribution in [2.24, 2.45) is 5.92 Å². The van der Waals surface area contributed by atoms with Crippen LogP contribution in [0.1, 0.15) is 43.7 Å². The van der Waals surface area contributed by atoms with Gasteiger partial charge in [0, 0.05) is 6.04 Å². The summed E-state index contributed by atoms with van der Waals surface area (Å²) in [6.07, 6.45) is 7.63. The lowest BCUT2D eigenvalue weighted by Gasteiger charge is -2.31. The van der Waals surface area contributed by atoms with Crippen molar-refractivity contribution >= 4 is 0 Å². The Kier molecular flexibility index (Phi) is 5.26. The van der Waals surface area contributed by atoms with Gasteiger partial charge in [0.2, 0.25) is 0 Å². The molecule has 0 aliphatic heterocycles. The van der Waals surface area contributed by atoms with Gasteiger partial charge in [-0.2, -0.15) is 0 Å². The number of methoxy groups -OCH3 is 1. The summed E-state index contributed by atoms with van der Waals surface area (Å²) in [6.45, 7) is 2.21. The SMILES string of the molecule is CCc1ccc(OC)c(CC2CCCCC2NC)c1. The summed E-state index contributed by atoms with van der Waals surface area (Å²) in [6, 6.07) is 7.31. The number of nitrogens with one attached hydrogen (secondary N) is 1. The van der Waals surface area contributed by atoms with Crippen LogP contribution in [0.5, 0.6) is 5.75 Å². The molecule has 1 N–H and O–H groups in total. The molecule has 2 unspecified atom stereocenters. The monoisotopic (exact) mass is 261 g/mol. The van der Waals surface area contributed by atoms with E-state index in [-0.39, 0.29) is 0 Å². The fourth-order valence-corrected chi connectivity index (χ4v) is 3.33. The van der Waals surface area contributed by atoms with E-state index in [9.17, 15) is 0 Å². The van der Waals surface area contributed by atoms with Gasteiger partial charge >= 0.3 is 0 Å². The zero-order valence-corrected chi connectivity index (χ0v) is 12.5. The van der Waals surface area contributed by atoms with Crippen molar-refractivity contribution in [1.82, 2.24) is 5.32 Å². The van der Waals surface area contributed by atoms with Crippen LogP contribution in [0.3, 0.4) is 0 Å². The second kappa shape index (κ2) is 6.95. The van der Waals surface area contributed by atoms with E-state index in [1.807, 2.05) is 0 Å². The molecule has 0 saturated heterocycles. The second-order valence-electron chi connectivity index (χ2n) is 5.64. The van der Waals surface area contributed by atoms with Crippen LogP contribution in [0.4, 0.5) is 0 Å². The van der Waals surface area contributed by atoms with Crippen LogP contribution in [0.2, 0.25) is 0 Å². The topological polar surface area (TPSA) is 21.3 Å². The molecule has 1 aromatic carbocycles. The quantitative estimate of drug-likeness (QED) is 0.874. The van der Waals surface area contributed by atoms with Crippen molar-refractivity contribution in [2.75, 3.05) is 14.2 Å². The van der Waals surface area contributed by atoms with Gasteiger partial charge in [0.1, 0.15) is 5.75 Å². The molecule has 19 heavy (non-hydrogen) atoms. The van der Waals surface area contributed by atoms with Crippen LogP contribution < -0.4 is 10.1 Å². The van der Waals surface area contributed by atoms with Gasteiger partial charge in [-0.3, -0.25) is 0 Å². The average molecular weight is 261 g/mol. The highest BCUT2D eigenvalue weighted by Crippen LogP contribution is 2.31. The van der Waals surface area contributed by atoms with Crippen molar-refractivity contribution < 1.29 is 4.74 Å². The molecule has 0 amide bonds. The predicted molar refractivity (Wildman–Crippen MR) is 80.9 cm³/mol. The highest BCUT2D eigenvalue weighted by atomic mass is 16.5. The lowest BCUT2D eigenvalue weighted by molar-refractivity contribution is 0.270. The Bertz CT molecular complexity index is 402. The largest absolute Gasteiger partial charge is 0.496 e. The van der Waals surface area contributed by atoms with Crippen molar-refractivity contribution in [3.05, 3.63) is 29.3 Å². The number of rotatable bonds is 5. The maximum atomic E-state index is 5.53. The molecule has 106 valence electrons. The van der Waals surface area contributed by atoms with E-state index in [1.165, 1.54) is 36.8 Å². The van der Waals surface area contributed by atoms with E-state index in [0.717, 1.165) is 24.5 Å². The Hall–Kier alpha value is -1.02. The highest BCUT2D eigenvalue weighted by Gasteiger charge is 2.24. The minimum absolute atomic E-state index is 0.670. The van der Waals surface area contributed by atoms with E-state index in [2.05, 4.69) is 37.5 Å². The van der Waals surface area contributed by atoms with Gasteiger partial charge in [-0.1, -0.05) is 31.9 Å². The van der Waals surface area contributed by atoms with Gasteiger partial charge in [0.05, 0.1) is 7.11 Å². The summed E-state index contributed by atoms with van der Waals surface area (Å²) in [5, 5.41) is 3.50. The predicted octanol–water partition coefficient (Wildman–Crippen LogP) is 3.58. The maximum absolute atomic E-state index is 5.53. The van der Waals surface area contributed by atoms with Crippen LogP contribution >= 0.6 is 0 Å². The number of ether oxygens (including phenoxy) is 1. The highest BCUT2D eigenvalue weighted by molar-refractivity contribution is 5.37. The van der Waals surface area contributed by atoms with E-state index < -0.39 is 0 Å². The lowest BCUT2D eigenvalue weighted by Crippen LogP contribution is -2.37. The molecule has 0 heterocycles. The molecule has 2 nitrogen and oxygen atoms in total. The molecular weight excluding hydrogens is 234 g/mol. The van der Waals surface area contributed by atoms with Gasteiger partial charge < -0.3 is 10.1 Å². The first-order chi connectivity index (χ1) is 9.28. The molecule has 1 aromatic rings. The maximum Gasteiger partial charge on any atom is 0.122 e. The fraction of sp³-hybridized carbons (Fsp3) is 0.647. The van der Waals surface area contributed by atoms with E-state index >= 15 is 0 Å². The smallest absolute Gasteiger partial charge is 0.122 e. The normalized spacial score (nSPS) is 23.3. The fourth-order valence-electron chi connectivity index (χ4n) is 3.33. The number of benzene rings is 1. The average Bonchev–Trinajstić information content (AvgIpc) is 2.47. The molecule has 2 atom stereocenters. The van der Waals surface area contributed by atoms with Gasteiger partial charge in [0.15, 0.2) is 0 Å². The summed E-state index contributed by atoms with van der Waals surface area (Å²) in [5.41, 5.74) is 2.79. The molecule has 2 rings (SSSR count). The molecule has 2 heteroatoms. The van der Waals surface area contributed by atoms with E-state index in [4.69, 9.17) is 4.74 Å². The molecule has 0 aromatic heterocycles. The van der Waals surface area contributed by atoms with Gasteiger partial charge in [-0.05, 0) is 55.8 Å². The number of aryl methyl sites for hydroxylation is 1. The van der Waals surface area contributed by atoms with Gasteiger partial charge in [-0.25, -0.2) is 0 Å². The van der Waals surface area contributed by atoms with Crippen LogP contribution in [-0.2, 0) is 12.8 Å². The molecule has 0 radical (unpaired) electrons. The Balaban J connectivity index is 2.16. The molecule has 1 saturated carbocycles. The van der Waals surface area contributed by atoms with E-state index in [1.54, 1.807) is 7.11 Å². The number of hydrogen-bond acceptors (Lipinski definition) is 2. The summed E-state index contributed by atoms with van der Waals surface area (Å²) in [7, 11) is 3.88. The van der Waals surface area contributed by atoms with Gasteiger partial charge in [0.25, 0.3) is 0 Å². The molecule has 1 aliphatic rings. The molecule has 1 fully saturated rings. The van der Waals surface area contributed by atoms with Crippen molar-refractivity contribution in [2.45, 2.75) is 51.5 Å². The minimum Gasteiger partial charge on any atom is -0.496 e. The third kappa shape index (κ3) is 3.50. The zero-order valence-electron chi connectivity index (χ0n) is 12.5. The first kappa shape index (κ1) is 14.4. The molecule has 0 spiro atoms. The first-order valence-electron chi connectivity index (χ1n) is 7.61. The third-order valence-corrected chi connectivity index (χ3v) is 4.52. The zero-order chi connectivity index (χ0) is 13.7. The van der Waals surface area contributed by atoms with Crippen LogP contribution in [-0.4, -0.2) is 20.2 Å². The lowest BCUT2D eigenvalue weighted by atomic mass is 9.80. The van der Waals surface area contributed by atoms with Crippen molar-refractivity contribution in [1.29, 1.82) is 0 Å². The summed E-state index contributed by atoms with van der Waals surface area (Å²) in [4.78, 5) is 0. The molecule has 0 bridgehead atoms. The Labute approximate surface area is 117 Å². The van der Waals surface area contributed by atoms with Crippen LogP contribution in [0.25, 0.3) is 0 Å². The Morgan fingerprint density at radius 3 is 2.74 bits per heavy atom. The van der Waals surface area contributed by atoms with Gasteiger partial charge in [-0.15, -0.1) is 0 Å². The summed E-state index contributed by atoms with van der Waals surface area (Å²) >= 11 is 0. The second-order valence-corrected chi connectivity index (χ2v) is 5.64. The Morgan fingerprint density at radius 2 is 2.05 bits per heavy atom. The van der Waals surface area contributed by atoms with E-state index in [0.29, 0.717) is 6.04 Å². The number of hydrogen-bond donors (Lipinski definition) is 1. The summed E-state index contributed by atoms with van der Waals surface area (Å²) < 4.78 is 5.53. The standard InChI is InChI=1S/C17H27NO/c1-4-13-9-10-17(19-3)15(11-13)12-14-7-5-6-8-16(14)18-2/h9-11,14,16,18H,4-8,12H2,1-3H3. The Morgan fingerprint density at radius 1 is 1.26 bits per heavy atom. The first-order valence-corrected chi connectivity index (χ1v) is 7.61. The molecular formula is C17H27NO. The molecule has 1 aliphatic carbocycles. The van der Waals surface area contributed by atoms with Crippen LogP contribution in [0.15, 0.2) is 18.2 Å². The van der Waals surface area contributed by atoms with Crippen molar-refractivity contribution in [3.8, 4) is 5.75 Å². The van der Waals surface area contributed by atoms with Crippen molar-refractivity contribution in [3.63, 3.8) is 0 Å². The minimum atomic E-state index is 0.670. The third-order valence-electron chi connectivity index (χ3n) is 4.52. The summed E-state index contributed by atoms with van der Waals surface area (Å²) in [5.74, 6) is 1.80.